The van der Waals surface area contributed by atoms with Crippen LogP contribution in [0.15, 0.2) is 12.2 Å². The molecule has 0 saturated heterocycles. The van der Waals surface area contributed by atoms with Gasteiger partial charge in [-0.05, 0) is 25.7 Å². The first-order chi connectivity index (χ1) is 9.70. The van der Waals surface area contributed by atoms with Crippen LogP contribution in [0.2, 0.25) is 0 Å². The number of aliphatic carboxylic acids is 1. The van der Waals surface area contributed by atoms with E-state index >= 15 is 0 Å². The molecule has 3 nitrogen and oxygen atoms in total. The Labute approximate surface area is 124 Å². The van der Waals surface area contributed by atoms with Crippen molar-refractivity contribution >= 4 is 5.97 Å². The zero-order chi connectivity index (χ0) is 15.1. The van der Waals surface area contributed by atoms with E-state index in [9.17, 15) is 4.79 Å². The Bertz CT molecular complexity index is 249. The van der Waals surface area contributed by atoms with E-state index in [1.807, 2.05) is 7.11 Å². The molecule has 118 valence electrons. The summed E-state index contributed by atoms with van der Waals surface area (Å²) in [6, 6.07) is 0. The van der Waals surface area contributed by atoms with Crippen LogP contribution in [0.4, 0.5) is 0 Å². The van der Waals surface area contributed by atoms with E-state index in [0.29, 0.717) is 6.10 Å². The van der Waals surface area contributed by atoms with Crippen molar-refractivity contribution < 1.29 is 14.6 Å². The molecule has 0 aromatic heterocycles. The predicted molar refractivity (Wildman–Crippen MR) is 84.0 cm³/mol. The lowest BCUT2D eigenvalue weighted by molar-refractivity contribution is -0.131. The van der Waals surface area contributed by atoms with Crippen LogP contribution in [0.1, 0.15) is 77.6 Å². The van der Waals surface area contributed by atoms with Crippen LogP contribution in [-0.4, -0.2) is 24.3 Å². The summed E-state index contributed by atoms with van der Waals surface area (Å²) in [6.45, 7) is 2.24. The summed E-state index contributed by atoms with van der Waals surface area (Å²) in [5, 5.41) is 8.45. The molecule has 0 aliphatic heterocycles. The van der Waals surface area contributed by atoms with Gasteiger partial charge in [0.2, 0.25) is 0 Å². The summed E-state index contributed by atoms with van der Waals surface area (Å²) < 4.78 is 5.52. The molecule has 0 aliphatic rings. The number of methoxy groups -OCH3 is 1. The fourth-order valence-electron chi connectivity index (χ4n) is 2.35. The van der Waals surface area contributed by atoms with E-state index < -0.39 is 5.97 Å². The van der Waals surface area contributed by atoms with Crippen LogP contribution in [0.3, 0.4) is 0 Å². The summed E-state index contributed by atoms with van der Waals surface area (Å²) in [7, 11) is 1.81. The zero-order valence-corrected chi connectivity index (χ0v) is 13.3. The average Bonchev–Trinajstić information content (AvgIpc) is 2.43. The highest BCUT2D eigenvalue weighted by Gasteiger charge is 2.06. The third kappa shape index (κ3) is 13.6. The molecule has 0 fully saturated rings. The number of rotatable bonds is 14. The molecule has 3 heteroatoms. The van der Waals surface area contributed by atoms with Crippen LogP contribution in [-0.2, 0) is 9.53 Å². The molecule has 0 spiro atoms. The maximum Gasteiger partial charge on any atom is 0.327 e. The number of carboxylic acids is 1. The number of allylic oxidation sites excluding steroid dienone is 1. The fourth-order valence-corrected chi connectivity index (χ4v) is 2.35. The normalized spacial score (nSPS) is 12.9. The highest BCUT2D eigenvalue weighted by atomic mass is 16.5. The van der Waals surface area contributed by atoms with Gasteiger partial charge in [0, 0.05) is 13.2 Å². The molecule has 0 aromatic rings. The topological polar surface area (TPSA) is 46.5 Å². The van der Waals surface area contributed by atoms with Crippen molar-refractivity contribution in [3.8, 4) is 0 Å². The SMILES string of the molecule is CCCCCCCC(CCCCCC=CC(=O)O)OC. The smallest absolute Gasteiger partial charge is 0.327 e. The van der Waals surface area contributed by atoms with Gasteiger partial charge in [-0.1, -0.05) is 57.9 Å². The second-order valence-corrected chi connectivity index (χ2v) is 5.44. The summed E-state index contributed by atoms with van der Waals surface area (Å²) >= 11 is 0. The van der Waals surface area contributed by atoms with Crippen LogP contribution >= 0.6 is 0 Å². The number of carbonyl (C=O) groups is 1. The Morgan fingerprint density at radius 1 is 1.05 bits per heavy atom. The van der Waals surface area contributed by atoms with E-state index in [2.05, 4.69) is 6.92 Å². The molecule has 1 unspecified atom stereocenters. The lowest BCUT2D eigenvalue weighted by Gasteiger charge is -2.14. The summed E-state index contributed by atoms with van der Waals surface area (Å²) in [5.74, 6) is -0.854. The maximum atomic E-state index is 10.3. The van der Waals surface area contributed by atoms with Crippen LogP contribution < -0.4 is 0 Å². The van der Waals surface area contributed by atoms with E-state index in [1.165, 1.54) is 51.0 Å². The fraction of sp³-hybridized carbons (Fsp3) is 0.824. The van der Waals surface area contributed by atoms with E-state index in [0.717, 1.165) is 25.7 Å². The molecule has 0 amide bonds. The van der Waals surface area contributed by atoms with Crippen molar-refractivity contribution in [2.45, 2.75) is 83.7 Å². The third-order valence-corrected chi connectivity index (χ3v) is 3.62. The monoisotopic (exact) mass is 284 g/mol. The van der Waals surface area contributed by atoms with Gasteiger partial charge in [0.05, 0.1) is 6.10 Å². The maximum absolute atomic E-state index is 10.3. The number of hydrogen-bond donors (Lipinski definition) is 1. The molecular formula is C17H32O3. The van der Waals surface area contributed by atoms with E-state index in [4.69, 9.17) is 9.84 Å². The number of ether oxygens (including phenoxy) is 1. The van der Waals surface area contributed by atoms with Gasteiger partial charge in [-0.2, -0.15) is 0 Å². The third-order valence-electron chi connectivity index (χ3n) is 3.62. The lowest BCUT2D eigenvalue weighted by atomic mass is 10.0. The highest BCUT2D eigenvalue weighted by molar-refractivity contribution is 5.79. The van der Waals surface area contributed by atoms with Gasteiger partial charge in [-0.3, -0.25) is 0 Å². The molecular weight excluding hydrogens is 252 g/mol. The summed E-state index contributed by atoms with van der Waals surface area (Å²) in [6.07, 6.45) is 16.5. The molecule has 0 saturated carbocycles. The van der Waals surface area contributed by atoms with Crippen molar-refractivity contribution in [3.63, 3.8) is 0 Å². The van der Waals surface area contributed by atoms with Crippen molar-refractivity contribution in [1.29, 1.82) is 0 Å². The van der Waals surface area contributed by atoms with Gasteiger partial charge in [0.25, 0.3) is 0 Å². The lowest BCUT2D eigenvalue weighted by Crippen LogP contribution is -2.10. The standard InChI is InChI=1S/C17H32O3/c1-3-4-5-7-10-13-16(20-2)14-11-8-6-9-12-15-17(18)19/h12,15-16H,3-11,13-14H2,1-2H3,(H,18,19). The molecule has 0 bridgehead atoms. The highest BCUT2D eigenvalue weighted by Crippen LogP contribution is 2.15. The quantitative estimate of drug-likeness (QED) is 0.362. The summed E-state index contributed by atoms with van der Waals surface area (Å²) in [5.41, 5.74) is 0. The minimum Gasteiger partial charge on any atom is -0.478 e. The van der Waals surface area contributed by atoms with Gasteiger partial charge in [0.1, 0.15) is 0 Å². The Morgan fingerprint density at radius 2 is 1.65 bits per heavy atom. The first kappa shape index (κ1) is 19.2. The molecule has 1 N–H and O–H groups in total. The Morgan fingerprint density at radius 3 is 2.20 bits per heavy atom. The first-order valence-corrected chi connectivity index (χ1v) is 8.13. The number of carboxylic acid groups (broad SMARTS) is 1. The Balaban J connectivity index is 3.43. The van der Waals surface area contributed by atoms with Gasteiger partial charge in [0.15, 0.2) is 0 Å². The van der Waals surface area contributed by atoms with Crippen LogP contribution in [0.5, 0.6) is 0 Å². The van der Waals surface area contributed by atoms with Crippen LogP contribution in [0.25, 0.3) is 0 Å². The molecule has 0 radical (unpaired) electrons. The molecule has 0 aliphatic carbocycles. The van der Waals surface area contributed by atoms with Crippen molar-refractivity contribution in [2.24, 2.45) is 0 Å². The number of unbranched alkanes of at least 4 members (excludes halogenated alkanes) is 7. The summed E-state index contributed by atoms with van der Waals surface area (Å²) in [4.78, 5) is 10.3. The predicted octanol–water partition coefficient (Wildman–Crippen LogP) is 4.95. The van der Waals surface area contributed by atoms with Gasteiger partial charge in [-0.15, -0.1) is 0 Å². The molecule has 0 rings (SSSR count). The minimum atomic E-state index is -0.854. The number of hydrogen-bond acceptors (Lipinski definition) is 2. The Hall–Kier alpha value is -0.830. The molecule has 1 atom stereocenters. The van der Waals surface area contributed by atoms with Gasteiger partial charge >= 0.3 is 5.97 Å². The second kappa shape index (κ2) is 14.6. The Kier molecular flexibility index (Phi) is 14.0. The molecule has 20 heavy (non-hydrogen) atoms. The van der Waals surface area contributed by atoms with Gasteiger partial charge in [-0.25, -0.2) is 4.79 Å². The first-order valence-electron chi connectivity index (χ1n) is 8.13. The van der Waals surface area contributed by atoms with Crippen molar-refractivity contribution in [1.82, 2.24) is 0 Å². The van der Waals surface area contributed by atoms with Gasteiger partial charge < -0.3 is 9.84 Å². The van der Waals surface area contributed by atoms with Crippen LogP contribution in [0, 0.1) is 0 Å². The molecule has 0 heterocycles. The largest absolute Gasteiger partial charge is 0.478 e. The minimum absolute atomic E-state index is 0.409. The zero-order valence-electron chi connectivity index (χ0n) is 13.3. The van der Waals surface area contributed by atoms with E-state index in [-0.39, 0.29) is 0 Å². The molecule has 0 aromatic carbocycles. The second-order valence-electron chi connectivity index (χ2n) is 5.44. The van der Waals surface area contributed by atoms with Crippen molar-refractivity contribution in [2.75, 3.05) is 7.11 Å². The van der Waals surface area contributed by atoms with Crippen molar-refractivity contribution in [3.05, 3.63) is 12.2 Å². The van der Waals surface area contributed by atoms with E-state index in [1.54, 1.807) is 6.08 Å². The average molecular weight is 284 g/mol.